The Kier molecular flexibility index (Phi) is 4.24. The molecule has 0 aromatic heterocycles. The van der Waals surface area contributed by atoms with Crippen LogP contribution in [-0.2, 0) is 0 Å². The normalized spacial score (nSPS) is 11.2. The van der Waals surface area contributed by atoms with E-state index in [1.165, 1.54) is 12.1 Å². The molecule has 5 heteroatoms. The van der Waals surface area contributed by atoms with Crippen molar-refractivity contribution in [2.75, 3.05) is 5.73 Å². The Morgan fingerprint density at radius 3 is 2.76 bits per heavy atom. The predicted molar refractivity (Wildman–Crippen MR) is 66.4 cm³/mol. The summed E-state index contributed by atoms with van der Waals surface area (Å²) in [4.78, 5) is 11.0. The molecule has 1 atom stereocenters. The third kappa shape index (κ3) is 3.30. The molecule has 0 bridgehead atoms. The monoisotopic (exact) mass is 255 g/mol. The van der Waals surface area contributed by atoms with Crippen LogP contribution in [0, 0.1) is 11.8 Å². The largest absolute Gasteiger partial charge is 0.478 e. The van der Waals surface area contributed by atoms with Crippen LogP contribution < -0.4 is 10.5 Å². The zero-order chi connectivity index (χ0) is 13.0. The van der Waals surface area contributed by atoms with Crippen LogP contribution in [0.4, 0.5) is 5.69 Å². The number of ether oxygens (including phenoxy) is 1. The van der Waals surface area contributed by atoms with E-state index in [1.807, 2.05) is 0 Å². The molecule has 1 aromatic carbocycles. The van der Waals surface area contributed by atoms with E-state index in [4.69, 9.17) is 27.2 Å². The molecule has 0 unspecified atom stereocenters. The Balaban J connectivity index is 3.15. The fraction of sp³-hybridized carbons (Fsp3) is 0.250. The molecule has 0 heterocycles. The van der Waals surface area contributed by atoms with E-state index in [0.717, 1.165) is 0 Å². The van der Waals surface area contributed by atoms with E-state index in [2.05, 4.69) is 11.8 Å². The number of benzene rings is 1. The number of hydrogen-bond acceptors (Lipinski definition) is 3. The lowest BCUT2D eigenvalue weighted by Gasteiger charge is -2.13. The fourth-order valence-electron chi connectivity index (χ4n) is 1.26. The van der Waals surface area contributed by atoms with Gasteiger partial charge in [0, 0.05) is 6.07 Å². The summed E-state index contributed by atoms with van der Waals surface area (Å²) in [5.74, 6) is 4.47. The minimum atomic E-state index is -1.13. The first-order valence-electron chi connectivity index (χ1n) is 4.87. The summed E-state index contributed by atoms with van der Waals surface area (Å²) in [7, 11) is 0. The summed E-state index contributed by atoms with van der Waals surface area (Å²) in [6, 6.07) is 2.65. The maximum Gasteiger partial charge on any atom is 0.339 e. The molecule has 0 saturated carbocycles. The van der Waals surface area contributed by atoms with Gasteiger partial charge in [-0.1, -0.05) is 17.5 Å². The first kappa shape index (κ1) is 13.2. The third-order valence-corrected chi connectivity index (χ3v) is 2.31. The van der Waals surface area contributed by atoms with Crippen LogP contribution in [0.3, 0.4) is 0 Å². The number of rotatable bonds is 3. The van der Waals surface area contributed by atoms with Crippen molar-refractivity contribution >= 4 is 23.3 Å². The lowest BCUT2D eigenvalue weighted by molar-refractivity contribution is 0.0691. The van der Waals surface area contributed by atoms with Crippen molar-refractivity contribution in [2.24, 2.45) is 0 Å². The van der Waals surface area contributed by atoms with Crippen LogP contribution in [0.1, 0.15) is 24.2 Å². The summed E-state index contributed by atoms with van der Waals surface area (Å²) < 4.78 is 5.39. The maximum atomic E-state index is 11.0. The Morgan fingerprint density at radius 1 is 1.59 bits per heavy atom. The maximum absolute atomic E-state index is 11.0. The average Bonchev–Trinajstić information content (AvgIpc) is 2.23. The van der Waals surface area contributed by atoms with Crippen molar-refractivity contribution in [2.45, 2.75) is 20.0 Å². The first-order valence-corrected chi connectivity index (χ1v) is 5.24. The number of hydrogen-bond donors (Lipinski definition) is 2. The zero-order valence-corrected chi connectivity index (χ0v) is 10.2. The van der Waals surface area contributed by atoms with Crippen LogP contribution in [0.25, 0.3) is 0 Å². The minimum Gasteiger partial charge on any atom is -0.478 e. The topological polar surface area (TPSA) is 72.5 Å². The number of carboxylic acids is 1. The molecule has 0 radical (unpaired) electrons. The summed E-state index contributed by atoms with van der Waals surface area (Å²) in [6.45, 7) is 3.39. The molecular weight excluding hydrogens is 244 g/mol. The number of halogens is 1. The van der Waals surface area contributed by atoms with Crippen LogP contribution in [0.2, 0.25) is 5.02 Å². The third-order valence-electron chi connectivity index (χ3n) is 1.98. The lowest BCUT2D eigenvalue weighted by Crippen LogP contribution is -2.12. The molecule has 0 aliphatic carbocycles. The lowest BCUT2D eigenvalue weighted by atomic mass is 10.2. The molecular formula is C12H12ClNO3. The SMILES string of the molecule is CC#C[C@H](C)Oc1cc(N)c(Cl)cc1[14C](=O)O. The first-order chi connectivity index (χ1) is 7.95. The van der Waals surface area contributed by atoms with Crippen molar-refractivity contribution in [3.63, 3.8) is 0 Å². The number of nitrogen functional groups attached to an aromatic ring is 1. The number of nitrogens with two attached hydrogens (primary N) is 1. The molecule has 0 saturated heterocycles. The highest BCUT2D eigenvalue weighted by molar-refractivity contribution is 6.33. The molecule has 90 valence electrons. The van der Waals surface area contributed by atoms with Gasteiger partial charge in [0.05, 0.1) is 10.7 Å². The van der Waals surface area contributed by atoms with Gasteiger partial charge >= 0.3 is 5.97 Å². The van der Waals surface area contributed by atoms with Gasteiger partial charge in [-0.15, -0.1) is 5.92 Å². The second kappa shape index (κ2) is 5.46. The molecule has 0 spiro atoms. The number of carboxylic acid groups (broad SMARTS) is 1. The van der Waals surface area contributed by atoms with E-state index in [1.54, 1.807) is 13.8 Å². The van der Waals surface area contributed by atoms with Crippen molar-refractivity contribution in [3.8, 4) is 17.6 Å². The van der Waals surface area contributed by atoms with Gasteiger partial charge in [0.15, 0.2) is 6.10 Å². The van der Waals surface area contributed by atoms with E-state index < -0.39 is 12.1 Å². The molecule has 0 aliphatic heterocycles. The van der Waals surface area contributed by atoms with Gasteiger partial charge in [-0.3, -0.25) is 0 Å². The Hall–Kier alpha value is -1.86. The van der Waals surface area contributed by atoms with Crippen LogP contribution in [0.15, 0.2) is 12.1 Å². The molecule has 1 rings (SSSR count). The molecule has 1 aromatic rings. The Labute approximate surface area is 104 Å². The molecule has 0 fully saturated rings. The van der Waals surface area contributed by atoms with E-state index in [-0.39, 0.29) is 22.0 Å². The smallest absolute Gasteiger partial charge is 0.339 e. The molecule has 0 amide bonds. The molecule has 4 nitrogen and oxygen atoms in total. The van der Waals surface area contributed by atoms with Crippen molar-refractivity contribution in [3.05, 3.63) is 22.7 Å². The van der Waals surface area contributed by atoms with Gasteiger partial charge in [-0.05, 0) is 19.9 Å². The van der Waals surface area contributed by atoms with Gasteiger partial charge in [-0.25, -0.2) is 4.79 Å². The summed E-state index contributed by atoms with van der Waals surface area (Å²) >= 11 is 5.76. The van der Waals surface area contributed by atoms with Gasteiger partial charge < -0.3 is 15.6 Å². The summed E-state index contributed by atoms with van der Waals surface area (Å²) in [6.07, 6.45) is -0.418. The highest BCUT2D eigenvalue weighted by Crippen LogP contribution is 2.29. The van der Waals surface area contributed by atoms with Crippen LogP contribution in [-0.4, -0.2) is 17.2 Å². The summed E-state index contributed by atoms with van der Waals surface area (Å²) in [5, 5.41) is 9.19. The highest BCUT2D eigenvalue weighted by Gasteiger charge is 2.15. The molecule has 3 N–H and O–H groups in total. The number of aromatic carboxylic acids is 1. The zero-order valence-electron chi connectivity index (χ0n) is 9.45. The quantitative estimate of drug-likeness (QED) is 0.643. The Morgan fingerprint density at radius 2 is 2.24 bits per heavy atom. The van der Waals surface area contributed by atoms with Crippen LogP contribution >= 0.6 is 11.6 Å². The van der Waals surface area contributed by atoms with Gasteiger partial charge in [0.2, 0.25) is 0 Å². The number of anilines is 1. The van der Waals surface area contributed by atoms with Crippen molar-refractivity contribution in [1.29, 1.82) is 0 Å². The molecule has 17 heavy (non-hydrogen) atoms. The standard InChI is InChI=1S/C12H12ClNO3/c1-3-4-7(2)17-11-6-10(14)9(13)5-8(11)12(15)16/h5-7H,14H2,1-2H3,(H,15,16)/t7-/m0/s1/i12+2. The second-order valence-corrected chi connectivity index (χ2v) is 3.74. The highest BCUT2D eigenvalue weighted by atomic mass is 35.5. The fourth-order valence-corrected chi connectivity index (χ4v) is 1.42. The van der Waals surface area contributed by atoms with E-state index >= 15 is 0 Å². The van der Waals surface area contributed by atoms with Gasteiger partial charge in [0.1, 0.15) is 11.3 Å². The average molecular weight is 256 g/mol. The predicted octanol–water partition coefficient (Wildman–Crippen LogP) is 2.41. The van der Waals surface area contributed by atoms with Crippen molar-refractivity contribution < 1.29 is 14.6 Å². The van der Waals surface area contributed by atoms with Gasteiger partial charge in [0.25, 0.3) is 0 Å². The van der Waals surface area contributed by atoms with Gasteiger partial charge in [-0.2, -0.15) is 0 Å². The Bertz CT molecular complexity index is 502. The van der Waals surface area contributed by atoms with E-state index in [9.17, 15) is 4.79 Å². The molecule has 0 aliphatic rings. The number of carbonyl (C=O) groups is 1. The second-order valence-electron chi connectivity index (χ2n) is 3.33. The van der Waals surface area contributed by atoms with Crippen molar-refractivity contribution in [1.82, 2.24) is 0 Å². The van der Waals surface area contributed by atoms with E-state index in [0.29, 0.717) is 0 Å². The summed E-state index contributed by atoms with van der Waals surface area (Å²) in [5.41, 5.74) is 5.83. The minimum absolute atomic E-state index is 0.0334. The van der Waals surface area contributed by atoms with Crippen LogP contribution in [0.5, 0.6) is 5.75 Å².